The number of carbonyl (C=O) groups excluding carboxylic acids is 1. The van der Waals surface area contributed by atoms with Crippen LogP contribution in [0.4, 0.5) is 0 Å². The number of hydrogen-bond acceptors (Lipinski definition) is 5. The van der Waals surface area contributed by atoms with Gasteiger partial charge < -0.3 is 0 Å². The highest BCUT2D eigenvalue weighted by molar-refractivity contribution is 8.08. The lowest BCUT2D eigenvalue weighted by atomic mass is 9.93. The van der Waals surface area contributed by atoms with Crippen LogP contribution in [-0.4, -0.2) is 41.8 Å². The van der Waals surface area contributed by atoms with Gasteiger partial charge in [0.25, 0.3) is 10.1 Å². The molecule has 1 saturated heterocycles. The van der Waals surface area contributed by atoms with Gasteiger partial charge in [-0.25, -0.2) is 0 Å². The zero-order valence-corrected chi connectivity index (χ0v) is 13.6. The van der Waals surface area contributed by atoms with Gasteiger partial charge in [0.05, 0.1) is 23.9 Å². The Bertz CT molecular complexity index is 374. The molecule has 0 aromatic rings. The third-order valence-electron chi connectivity index (χ3n) is 3.04. The minimum atomic E-state index is -3.89. The average Bonchev–Trinajstić information content (AvgIpc) is 2.37. The zero-order chi connectivity index (χ0) is 14.3. The molecule has 110 valence electrons. The second-order valence-electron chi connectivity index (χ2n) is 4.59. The summed E-state index contributed by atoms with van der Waals surface area (Å²) in [7, 11) is -3.89. The molecule has 1 atom stereocenters. The van der Waals surface area contributed by atoms with Gasteiger partial charge in [0, 0.05) is 17.9 Å². The van der Waals surface area contributed by atoms with E-state index in [1.165, 1.54) is 5.25 Å². The highest BCUT2D eigenvalue weighted by Crippen LogP contribution is 2.39. The maximum Gasteiger partial charge on any atom is 0.264 e. The molecule has 1 aliphatic rings. The number of rotatable bonds is 8. The topological polar surface area (TPSA) is 71.4 Å². The number of ketones is 1. The Labute approximate surface area is 124 Å². The Kier molecular flexibility index (Phi) is 7.64. The van der Waals surface area contributed by atoms with Gasteiger partial charge in [-0.1, -0.05) is 6.92 Å². The predicted octanol–water partition coefficient (Wildman–Crippen LogP) is 2.65. The van der Waals surface area contributed by atoms with Gasteiger partial charge >= 0.3 is 0 Å². The molecule has 0 saturated carbocycles. The Balaban J connectivity index is 2.50. The van der Waals surface area contributed by atoms with Crippen LogP contribution in [0, 0.1) is 11.2 Å². The smallest absolute Gasteiger partial charge is 0.264 e. The van der Waals surface area contributed by atoms with Crippen LogP contribution in [-0.2, 0) is 14.9 Å². The first-order valence-corrected chi connectivity index (χ1v) is 10.2. The van der Waals surface area contributed by atoms with E-state index >= 15 is 0 Å². The number of carbonyl (C=O) groups is 1. The number of thioether (sulfide) groups is 2. The summed E-state index contributed by atoms with van der Waals surface area (Å²) in [6.45, 7) is 1.85. The summed E-state index contributed by atoms with van der Waals surface area (Å²) in [4.78, 5) is 11.6. The number of hydrogen-bond donors (Lipinski definition) is 1. The van der Waals surface area contributed by atoms with E-state index in [1.54, 1.807) is 0 Å². The van der Waals surface area contributed by atoms with Gasteiger partial charge in [0.2, 0.25) is 0 Å². The molecule has 0 aliphatic carbocycles. The molecule has 0 spiro atoms. The van der Waals surface area contributed by atoms with E-state index in [-0.39, 0.29) is 17.5 Å². The molecule has 19 heavy (non-hydrogen) atoms. The summed E-state index contributed by atoms with van der Waals surface area (Å²) in [6.07, 6.45) is 2.11. The minimum absolute atomic E-state index is 0.159. The molecule has 7 heteroatoms. The molecule has 4 nitrogen and oxygen atoms in total. The lowest BCUT2D eigenvalue weighted by molar-refractivity contribution is -0.119. The third-order valence-corrected chi connectivity index (χ3v) is 6.55. The normalized spacial score (nSPS) is 18.3. The summed E-state index contributed by atoms with van der Waals surface area (Å²) in [5, 5.41) is 1.31. The van der Waals surface area contributed by atoms with Crippen molar-refractivity contribution in [2.24, 2.45) is 5.92 Å². The van der Waals surface area contributed by atoms with E-state index < -0.39 is 10.1 Å². The van der Waals surface area contributed by atoms with Crippen LogP contribution in [0.15, 0.2) is 0 Å². The molecule has 1 heterocycles. The fourth-order valence-corrected chi connectivity index (χ4v) is 5.19. The molecule has 1 fully saturated rings. The van der Waals surface area contributed by atoms with Crippen LogP contribution in [0.25, 0.3) is 0 Å². The van der Waals surface area contributed by atoms with Crippen molar-refractivity contribution >= 4 is 39.4 Å². The molecule has 0 amide bonds. The van der Waals surface area contributed by atoms with Crippen molar-refractivity contribution in [2.45, 2.75) is 32.6 Å². The van der Waals surface area contributed by atoms with Crippen LogP contribution in [0.5, 0.6) is 0 Å². The van der Waals surface area contributed by atoms with E-state index in [9.17, 15) is 13.2 Å². The first kappa shape index (κ1) is 17.2. The fraction of sp³-hybridized carbons (Fsp3) is 0.833. The molecule has 1 aliphatic heterocycles. The fourth-order valence-electron chi connectivity index (χ4n) is 1.99. The molecular formula is C12H21O4S3+. The predicted molar refractivity (Wildman–Crippen MR) is 82.1 cm³/mol. The summed E-state index contributed by atoms with van der Waals surface area (Å²) in [5.74, 6) is 3.32. The average molecular weight is 325 g/mol. The monoisotopic (exact) mass is 325 g/mol. The molecule has 0 aromatic heterocycles. The second kappa shape index (κ2) is 8.44. The van der Waals surface area contributed by atoms with Crippen LogP contribution < -0.4 is 0 Å². The molecule has 0 radical (unpaired) electrons. The lowest BCUT2D eigenvalue weighted by Crippen LogP contribution is -2.20. The van der Waals surface area contributed by atoms with Gasteiger partial charge in [-0.05, 0) is 12.8 Å². The Morgan fingerprint density at radius 3 is 2.68 bits per heavy atom. The molecule has 0 bridgehead atoms. The van der Waals surface area contributed by atoms with E-state index in [4.69, 9.17) is 4.55 Å². The van der Waals surface area contributed by atoms with Gasteiger partial charge in [-0.2, -0.15) is 8.42 Å². The maximum absolute atomic E-state index is 11.6. The first-order chi connectivity index (χ1) is 8.92. The van der Waals surface area contributed by atoms with Crippen molar-refractivity contribution < 1.29 is 17.8 Å². The molecule has 1 N–H and O–H groups in total. The van der Waals surface area contributed by atoms with E-state index in [1.807, 2.05) is 30.4 Å². The van der Waals surface area contributed by atoms with Crippen LogP contribution >= 0.6 is 23.5 Å². The number of Topliss-reactive ketones (excluding diaryl/α,β-unsaturated/α-hetero) is 1. The third kappa shape index (κ3) is 7.48. The summed E-state index contributed by atoms with van der Waals surface area (Å²) in [5.41, 5.74) is 0. The van der Waals surface area contributed by atoms with Gasteiger partial charge in [-0.3, -0.25) is 9.35 Å². The SMILES string of the molecule is CCC(=O)CC(CCCS(=O)(=O)O)[C+]1CSCCS1. The van der Waals surface area contributed by atoms with E-state index in [0.717, 1.165) is 17.3 Å². The zero-order valence-electron chi connectivity index (χ0n) is 11.1. The largest absolute Gasteiger partial charge is 0.300 e. The first-order valence-electron chi connectivity index (χ1n) is 6.45. The Morgan fingerprint density at radius 2 is 2.16 bits per heavy atom. The van der Waals surface area contributed by atoms with Crippen molar-refractivity contribution in [3.63, 3.8) is 0 Å². The van der Waals surface area contributed by atoms with Gasteiger partial charge in [0.1, 0.15) is 17.5 Å². The van der Waals surface area contributed by atoms with E-state index in [2.05, 4.69) is 0 Å². The standard InChI is InChI=1S/C12H20O4S3/c1-2-11(13)8-10(4-3-7-19(14,15)16)12-9-17-5-6-18-12/h10H,2-9H2,1H3/p+1. The molecular weight excluding hydrogens is 304 g/mol. The van der Waals surface area contributed by atoms with Crippen molar-refractivity contribution in [3.8, 4) is 0 Å². The van der Waals surface area contributed by atoms with Crippen molar-refractivity contribution in [1.29, 1.82) is 0 Å². The van der Waals surface area contributed by atoms with Crippen molar-refractivity contribution in [3.05, 3.63) is 5.25 Å². The van der Waals surface area contributed by atoms with Gasteiger partial charge in [0.15, 0.2) is 5.25 Å². The quantitative estimate of drug-likeness (QED) is 0.546. The minimum Gasteiger partial charge on any atom is -0.300 e. The summed E-state index contributed by atoms with van der Waals surface area (Å²) < 4.78 is 30.2. The highest BCUT2D eigenvalue weighted by Gasteiger charge is 2.37. The maximum atomic E-state index is 11.6. The summed E-state index contributed by atoms with van der Waals surface area (Å²) >= 11 is 3.68. The van der Waals surface area contributed by atoms with Crippen LogP contribution in [0.3, 0.4) is 0 Å². The highest BCUT2D eigenvalue weighted by atomic mass is 32.2. The van der Waals surface area contributed by atoms with Crippen LogP contribution in [0.2, 0.25) is 0 Å². The van der Waals surface area contributed by atoms with Crippen molar-refractivity contribution in [2.75, 3.05) is 23.0 Å². The molecule has 1 rings (SSSR count). The Morgan fingerprint density at radius 1 is 1.42 bits per heavy atom. The second-order valence-corrected chi connectivity index (χ2v) is 8.49. The van der Waals surface area contributed by atoms with E-state index in [0.29, 0.717) is 25.7 Å². The van der Waals surface area contributed by atoms with Crippen molar-refractivity contribution in [1.82, 2.24) is 0 Å². The molecule has 1 unspecified atom stereocenters. The molecule has 0 aromatic carbocycles. The Hall–Kier alpha value is 0.150. The van der Waals surface area contributed by atoms with Crippen LogP contribution in [0.1, 0.15) is 32.6 Å². The summed E-state index contributed by atoms with van der Waals surface area (Å²) in [6, 6.07) is 0. The van der Waals surface area contributed by atoms with Gasteiger partial charge in [-0.15, -0.1) is 11.8 Å². The lowest BCUT2D eigenvalue weighted by Gasteiger charge is -2.18.